The maximum Gasteiger partial charge on any atom is 0.140 e. The first kappa shape index (κ1) is 39.4. The molecule has 0 spiro atoms. The Labute approximate surface area is 308 Å². The Hall–Kier alpha value is -1.77. The summed E-state index contributed by atoms with van der Waals surface area (Å²) in [5, 5.41) is 0. The van der Waals surface area contributed by atoms with Gasteiger partial charge in [0.1, 0.15) is 11.4 Å². The van der Waals surface area contributed by atoms with E-state index in [1.165, 1.54) is 148 Å². The average molecular weight is 685 g/mol. The van der Waals surface area contributed by atoms with Crippen molar-refractivity contribution in [2.75, 3.05) is 7.11 Å². The Morgan fingerprint density at radius 2 is 1.18 bits per heavy atom. The Balaban J connectivity index is 1.16. The van der Waals surface area contributed by atoms with E-state index in [0.29, 0.717) is 5.56 Å². The molecule has 50 heavy (non-hydrogen) atoms. The summed E-state index contributed by atoms with van der Waals surface area (Å²) in [6.07, 6.45) is 34.1. The lowest BCUT2D eigenvalue weighted by Gasteiger charge is -2.41. The first-order chi connectivity index (χ1) is 24.4. The van der Waals surface area contributed by atoms with Gasteiger partial charge in [0.15, 0.2) is 0 Å². The van der Waals surface area contributed by atoms with Crippen LogP contribution in [0.15, 0.2) is 18.2 Å². The van der Waals surface area contributed by atoms with Crippen LogP contribution in [0.25, 0.3) is 0 Å². The monoisotopic (exact) mass is 685 g/mol. The van der Waals surface area contributed by atoms with Gasteiger partial charge in [0.2, 0.25) is 0 Å². The van der Waals surface area contributed by atoms with Gasteiger partial charge in [-0.2, -0.15) is 0 Å². The van der Waals surface area contributed by atoms with Crippen LogP contribution in [0, 0.1) is 70.4 Å². The Morgan fingerprint density at radius 1 is 0.620 bits per heavy atom. The fourth-order valence-electron chi connectivity index (χ4n) is 10.8. The fraction of sp³-hybridized carbons (Fsp3) is 0.792. The molecule has 4 aliphatic carbocycles. The van der Waals surface area contributed by atoms with E-state index in [4.69, 9.17) is 4.74 Å². The molecule has 4 aliphatic rings. The number of benzene rings is 1. The van der Waals surface area contributed by atoms with Crippen molar-refractivity contribution in [3.8, 4) is 23.7 Å². The molecule has 1 aromatic rings. The summed E-state index contributed by atoms with van der Waals surface area (Å²) < 4.78 is 21.6. The highest BCUT2D eigenvalue weighted by Gasteiger charge is 2.39. The molecule has 0 bridgehead atoms. The molecule has 0 N–H and O–H groups in total. The number of hydrogen-bond acceptors (Lipinski definition) is 1. The lowest BCUT2D eigenvalue weighted by molar-refractivity contribution is -0.0127. The molecular formula is C48H73FO. The van der Waals surface area contributed by atoms with Gasteiger partial charge in [-0.1, -0.05) is 128 Å². The average Bonchev–Trinajstić information content (AvgIpc) is 3.15. The first-order valence-corrected chi connectivity index (χ1v) is 21.8. The Kier molecular flexibility index (Phi) is 15.7. The summed E-state index contributed by atoms with van der Waals surface area (Å²) in [7, 11) is 1.81. The minimum absolute atomic E-state index is 0.0481. The van der Waals surface area contributed by atoms with E-state index >= 15 is 4.39 Å². The number of unbranched alkanes of at least 4 members (excludes halogenated alkanes) is 4. The summed E-state index contributed by atoms with van der Waals surface area (Å²) >= 11 is 0. The molecule has 1 nitrogen and oxygen atoms in total. The molecule has 0 atom stereocenters. The van der Waals surface area contributed by atoms with Crippen molar-refractivity contribution in [1.29, 1.82) is 0 Å². The van der Waals surface area contributed by atoms with Crippen molar-refractivity contribution in [1.82, 2.24) is 0 Å². The molecule has 4 fully saturated rings. The predicted molar refractivity (Wildman–Crippen MR) is 210 cm³/mol. The van der Waals surface area contributed by atoms with Crippen LogP contribution < -0.4 is 0 Å². The van der Waals surface area contributed by atoms with Crippen LogP contribution in [0.4, 0.5) is 4.39 Å². The van der Waals surface area contributed by atoms with Crippen LogP contribution in [-0.2, 0) is 4.74 Å². The van der Waals surface area contributed by atoms with Gasteiger partial charge in [-0.15, -0.1) is 0 Å². The summed E-state index contributed by atoms with van der Waals surface area (Å²) in [5.41, 5.74) is 0.915. The molecule has 5 rings (SSSR count). The molecule has 1 aromatic carbocycles. The van der Waals surface area contributed by atoms with Gasteiger partial charge in [-0.05, 0) is 137 Å². The molecule has 0 unspecified atom stereocenters. The lowest BCUT2D eigenvalue weighted by Crippen LogP contribution is -2.37. The van der Waals surface area contributed by atoms with Crippen molar-refractivity contribution in [2.24, 2.45) is 40.9 Å². The van der Waals surface area contributed by atoms with Gasteiger partial charge in [0.25, 0.3) is 0 Å². The van der Waals surface area contributed by atoms with E-state index in [0.717, 1.165) is 60.3 Å². The SMILES string of the molecule is CCCCCC1CCC(C2CCC(C#Cc3ccc(C#CC4(OC)CCC(C5CCC(CCC)CC5)CC4)cc3F)(CCCCC)CC2)CC1. The summed E-state index contributed by atoms with van der Waals surface area (Å²) in [6, 6.07) is 5.46. The van der Waals surface area contributed by atoms with Gasteiger partial charge < -0.3 is 4.74 Å². The molecule has 0 aliphatic heterocycles. The van der Waals surface area contributed by atoms with Gasteiger partial charge in [0, 0.05) is 18.1 Å². The summed E-state index contributed by atoms with van der Waals surface area (Å²) in [6.45, 7) is 6.93. The minimum Gasteiger partial charge on any atom is -0.366 e. The van der Waals surface area contributed by atoms with Crippen LogP contribution in [-0.4, -0.2) is 12.7 Å². The highest BCUT2D eigenvalue weighted by atomic mass is 19.1. The Bertz CT molecular complexity index is 1260. The molecule has 0 amide bonds. The predicted octanol–water partition coefficient (Wildman–Crippen LogP) is 13.9. The molecule has 4 saturated carbocycles. The quantitative estimate of drug-likeness (QED) is 0.148. The van der Waals surface area contributed by atoms with Crippen LogP contribution in [0.2, 0.25) is 0 Å². The zero-order chi connectivity index (χ0) is 35.2. The van der Waals surface area contributed by atoms with E-state index in [1.807, 2.05) is 19.2 Å². The highest BCUT2D eigenvalue weighted by Crippen LogP contribution is 2.48. The van der Waals surface area contributed by atoms with Crippen LogP contribution in [0.3, 0.4) is 0 Å². The molecule has 0 saturated heterocycles. The van der Waals surface area contributed by atoms with E-state index in [9.17, 15) is 0 Å². The zero-order valence-electron chi connectivity index (χ0n) is 32.9. The van der Waals surface area contributed by atoms with Crippen molar-refractivity contribution in [3.63, 3.8) is 0 Å². The van der Waals surface area contributed by atoms with Crippen LogP contribution >= 0.6 is 0 Å². The molecule has 2 heteroatoms. The van der Waals surface area contributed by atoms with Gasteiger partial charge in [0.05, 0.1) is 5.56 Å². The van der Waals surface area contributed by atoms with Gasteiger partial charge in [-0.25, -0.2) is 4.39 Å². The van der Waals surface area contributed by atoms with E-state index in [-0.39, 0.29) is 11.2 Å². The number of hydrogen-bond donors (Lipinski definition) is 0. The second-order valence-electron chi connectivity index (χ2n) is 17.7. The van der Waals surface area contributed by atoms with Crippen molar-refractivity contribution >= 4 is 0 Å². The molecule has 0 radical (unpaired) electrons. The van der Waals surface area contributed by atoms with E-state index in [1.54, 1.807) is 6.07 Å². The third-order valence-corrected chi connectivity index (χ3v) is 14.4. The van der Waals surface area contributed by atoms with Gasteiger partial charge >= 0.3 is 0 Å². The fourth-order valence-corrected chi connectivity index (χ4v) is 10.8. The molecule has 0 heterocycles. The number of ether oxygens (including phenoxy) is 1. The van der Waals surface area contributed by atoms with Crippen molar-refractivity contribution in [3.05, 3.63) is 35.1 Å². The van der Waals surface area contributed by atoms with Crippen molar-refractivity contribution in [2.45, 2.75) is 193 Å². The standard InChI is InChI=1S/C48H73FO/c1-5-8-10-13-39-16-21-41(22-17-39)43-25-31-47(32-26-43,30-11-9-6-2)33-27-45-23-18-40(37-46(45)49)24-34-48(50-4)35-28-44(29-36-48)42-19-14-38(12-7-3)15-20-42/h18,23,37-39,41-44H,5-17,19-22,25-26,28-32,35-36H2,1-4H3. The highest BCUT2D eigenvalue weighted by molar-refractivity contribution is 5.44. The largest absolute Gasteiger partial charge is 0.366 e. The summed E-state index contributed by atoms with van der Waals surface area (Å²) in [5.74, 6) is 19.1. The number of rotatable bonds is 13. The molecular weight excluding hydrogens is 612 g/mol. The number of methoxy groups -OCH3 is 1. The second kappa shape index (κ2) is 19.9. The Morgan fingerprint density at radius 3 is 1.74 bits per heavy atom. The van der Waals surface area contributed by atoms with Gasteiger partial charge in [-0.3, -0.25) is 0 Å². The normalized spacial score (nSPS) is 33.1. The third kappa shape index (κ3) is 11.1. The van der Waals surface area contributed by atoms with Crippen LogP contribution in [0.1, 0.15) is 199 Å². The smallest absolute Gasteiger partial charge is 0.140 e. The zero-order valence-corrected chi connectivity index (χ0v) is 32.9. The lowest BCUT2D eigenvalue weighted by atomic mass is 9.63. The van der Waals surface area contributed by atoms with Crippen molar-refractivity contribution < 1.29 is 9.13 Å². The maximum atomic E-state index is 15.5. The molecule has 0 aromatic heterocycles. The first-order valence-electron chi connectivity index (χ1n) is 21.8. The minimum atomic E-state index is -0.400. The van der Waals surface area contributed by atoms with E-state index in [2.05, 4.69) is 44.5 Å². The molecule has 278 valence electrons. The third-order valence-electron chi connectivity index (χ3n) is 14.4. The maximum absolute atomic E-state index is 15.5. The van der Waals surface area contributed by atoms with E-state index < -0.39 is 5.60 Å². The number of halogens is 1. The second-order valence-corrected chi connectivity index (χ2v) is 17.7. The topological polar surface area (TPSA) is 9.23 Å². The van der Waals surface area contributed by atoms with Crippen LogP contribution in [0.5, 0.6) is 0 Å². The summed E-state index contributed by atoms with van der Waals surface area (Å²) in [4.78, 5) is 0.